The molecule has 0 N–H and O–H groups in total. The monoisotopic (exact) mass is 188 g/mol. The van der Waals surface area contributed by atoms with Crippen molar-refractivity contribution in [3.05, 3.63) is 35.9 Å². The number of benzene rings is 1. The molecule has 1 saturated carbocycles. The molecule has 0 aromatic heterocycles. The summed E-state index contributed by atoms with van der Waals surface area (Å²) in [5, 5.41) is 0. The first-order chi connectivity index (χ1) is 6.75. The van der Waals surface area contributed by atoms with Crippen molar-refractivity contribution in [1.82, 2.24) is 0 Å². The van der Waals surface area contributed by atoms with Gasteiger partial charge in [-0.3, -0.25) is 9.59 Å². The first-order valence-corrected chi connectivity index (χ1v) is 4.84. The predicted molar refractivity (Wildman–Crippen MR) is 52.9 cm³/mol. The van der Waals surface area contributed by atoms with Crippen LogP contribution in [0.1, 0.15) is 18.4 Å². The van der Waals surface area contributed by atoms with Gasteiger partial charge in [0.15, 0.2) is 0 Å². The van der Waals surface area contributed by atoms with E-state index in [1.54, 1.807) is 0 Å². The molecule has 1 aliphatic carbocycles. The van der Waals surface area contributed by atoms with E-state index in [0.717, 1.165) is 5.56 Å². The fourth-order valence-corrected chi connectivity index (χ4v) is 1.88. The van der Waals surface area contributed by atoms with Gasteiger partial charge in [-0.05, 0) is 12.0 Å². The Labute approximate surface area is 82.9 Å². The Kier molecular flexibility index (Phi) is 2.44. The van der Waals surface area contributed by atoms with Gasteiger partial charge in [-0.15, -0.1) is 0 Å². The van der Waals surface area contributed by atoms with Gasteiger partial charge in [0.25, 0.3) is 0 Å². The van der Waals surface area contributed by atoms with Crippen LogP contribution in [0, 0.1) is 5.92 Å². The Morgan fingerprint density at radius 2 is 1.86 bits per heavy atom. The normalized spacial score (nSPS) is 21.6. The van der Waals surface area contributed by atoms with Crippen LogP contribution in [-0.4, -0.2) is 11.6 Å². The van der Waals surface area contributed by atoms with Gasteiger partial charge in [-0.2, -0.15) is 0 Å². The smallest absolute Gasteiger partial charge is 0.144 e. The summed E-state index contributed by atoms with van der Waals surface area (Å²) in [5.41, 5.74) is 1.14. The Balaban J connectivity index is 2.05. The van der Waals surface area contributed by atoms with E-state index in [0.29, 0.717) is 12.8 Å². The molecule has 1 fully saturated rings. The van der Waals surface area contributed by atoms with Gasteiger partial charge >= 0.3 is 0 Å². The summed E-state index contributed by atoms with van der Waals surface area (Å²) in [6, 6.07) is 9.85. The molecular formula is C12H12O2. The number of carbonyl (C=O) groups excluding carboxylic acids is 2. The number of rotatable bonds is 2. The fourth-order valence-electron chi connectivity index (χ4n) is 1.88. The van der Waals surface area contributed by atoms with Crippen LogP contribution in [0.25, 0.3) is 0 Å². The van der Waals surface area contributed by atoms with E-state index >= 15 is 0 Å². The molecular weight excluding hydrogens is 176 g/mol. The summed E-state index contributed by atoms with van der Waals surface area (Å²) >= 11 is 0. The highest BCUT2D eigenvalue weighted by Gasteiger charge is 2.30. The Hall–Kier alpha value is -1.44. The molecule has 14 heavy (non-hydrogen) atoms. The molecule has 2 heteroatoms. The lowest BCUT2D eigenvalue weighted by Gasteiger charge is -2.05. The van der Waals surface area contributed by atoms with Gasteiger partial charge in [0.05, 0.1) is 6.42 Å². The minimum atomic E-state index is -0.0649. The topological polar surface area (TPSA) is 34.1 Å². The maximum Gasteiger partial charge on any atom is 0.144 e. The molecule has 2 rings (SSSR count). The lowest BCUT2D eigenvalue weighted by molar-refractivity contribution is -0.122. The fraction of sp³-hybridized carbons (Fsp3) is 0.333. The third-order valence-electron chi connectivity index (χ3n) is 2.63. The van der Waals surface area contributed by atoms with Gasteiger partial charge < -0.3 is 0 Å². The van der Waals surface area contributed by atoms with Crippen molar-refractivity contribution >= 4 is 11.6 Å². The van der Waals surface area contributed by atoms with Crippen molar-refractivity contribution in [2.45, 2.75) is 19.3 Å². The third kappa shape index (κ3) is 1.90. The van der Waals surface area contributed by atoms with Crippen LogP contribution in [0.2, 0.25) is 0 Å². The molecule has 0 bridgehead atoms. The highest BCUT2D eigenvalue weighted by molar-refractivity contribution is 6.07. The molecule has 1 atom stereocenters. The zero-order chi connectivity index (χ0) is 9.97. The molecule has 1 aliphatic rings. The molecule has 0 saturated heterocycles. The second-order valence-electron chi connectivity index (χ2n) is 3.77. The summed E-state index contributed by atoms with van der Waals surface area (Å²) in [6.07, 6.45) is 1.30. The lowest BCUT2D eigenvalue weighted by atomic mass is 9.97. The van der Waals surface area contributed by atoms with Crippen LogP contribution in [-0.2, 0) is 16.0 Å². The highest BCUT2D eigenvalue weighted by atomic mass is 16.2. The zero-order valence-electron chi connectivity index (χ0n) is 7.90. The quantitative estimate of drug-likeness (QED) is 0.663. The van der Waals surface area contributed by atoms with E-state index in [9.17, 15) is 9.59 Å². The number of Topliss-reactive ketones (excluding diaryl/α,β-unsaturated/α-hetero) is 2. The molecule has 1 unspecified atom stereocenters. The van der Waals surface area contributed by atoms with Gasteiger partial charge in [0.2, 0.25) is 0 Å². The zero-order valence-corrected chi connectivity index (χ0v) is 7.90. The van der Waals surface area contributed by atoms with Gasteiger partial charge in [-0.25, -0.2) is 0 Å². The highest BCUT2D eigenvalue weighted by Crippen LogP contribution is 2.22. The average Bonchev–Trinajstić information content (AvgIpc) is 2.47. The summed E-state index contributed by atoms with van der Waals surface area (Å²) < 4.78 is 0. The average molecular weight is 188 g/mol. The molecule has 0 heterocycles. The van der Waals surface area contributed by atoms with Crippen molar-refractivity contribution in [1.29, 1.82) is 0 Å². The lowest BCUT2D eigenvalue weighted by Crippen LogP contribution is -2.09. The summed E-state index contributed by atoms with van der Waals surface area (Å²) in [7, 11) is 0. The molecule has 1 aromatic carbocycles. The van der Waals surface area contributed by atoms with Crippen molar-refractivity contribution in [2.24, 2.45) is 5.92 Å². The van der Waals surface area contributed by atoms with E-state index in [4.69, 9.17) is 0 Å². The molecule has 0 radical (unpaired) electrons. The van der Waals surface area contributed by atoms with Gasteiger partial charge in [0.1, 0.15) is 11.6 Å². The maximum absolute atomic E-state index is 11.4. The number of hydrogen-bond donors (Lipinski definition) is 0. The third-order valence-corrected chi connectivity index (χ3v) is 2.63. The molecule has 2 nitrogen and oxygen atoms in total. The van der Waals surface area contributed by atoms with Crippen LogP contribution in [0.4, 0.5) is 0 Å². The van der Waals surface area contributed by atoms with Crippen LogP contribution < -0.4 is 0 Å². The minimum Gasteiger partial charge on any atom is -0.299 e. The van der Waals surface area contributed by atoms with E-state index in [1.165, 1.54) is 0 Å². The maximum atomic E-state index is 11.4. The first kappa shape index (κ1) is 9.13. The Morgan fingerprint density at radius 3 is 2.43 bits per heavy atom. The van der Waals surface area contributed by atoms with E-state index in [2.05, 4.69) is 0 Å². The van der Waals surface area contributed by atoms with E-state index in [-0.39, 0.29) is 23.9 Å². The van der Waals surface area contributed by atoms with Crippen LogP contribution in [0.3, 0.4) is 0 Å². The van der Waals surface area contributed by atoms with Crippen LogP contribution in [0.15, 0.2) is 30.3 Å². The number of carbonyl (C=O) groups is 2. The molecule has 1 aromatic rings. The molecule has 72 valence electrons. The predicted octanol–water partition coefficient (Wildman–Crippen LogP) is 1.78. The van der Waals surface area contributed by atoms with E-state index in [1.807, 2.05) is 30.3 Å². The van der Waals surface area contributed by atoms with Crippen molar-refractivity contribution < 1.29 is 9.59 Å². The van der Waals surface area contributed by atoms with Crippen LogP contribution in [0.5, 0.6) is 0 Å². The Morgan fingerprint density at radius 1 is 1.14 bits per heavy atom. The summed E-state index contributed by atoms with van der Waals surface area (Å²) in [5.74, 6) is 0.139. The molecule has 0 spiro atoms. The van der Waals surface area contributed by atoms with Gasteiger partial charge in [0, 0.05) is 12.3 Å². The Bertz CT molecular complexity index is 354. The second-order valence-corrected chi connectivity index (χ2v) is 3.77. The van der Waals surface area contributed by atoms with Crippen molar-refractivity contribution in [3.63, 3.8) is 0 Å². The molecule has 0 amide bonds. The van der Waals surface area contributed by atoms with Crippen molar-refractivity contribution in [3.8, 4) is 0 Å². The van der Waals surface area contributed by atoms with Gasteiger partial charge in [-0.1, -0.05) is 30.3 Å². The SMILES string of the molecule is O=C1CC(=O)C(Cc2ccccc2)C1. The number of hydrogen-bond acceptors (Lipinski definition) is 2. The molecule has 0 aliphatic heterocycles. The largest absolute Gasteiger partial charge is 0.299 e. The standard InChI is InChI=1S/C12H12O2/c13-11-7-10(12(14)8-11)6-9-4-2-1-3-5-9/h1-5,10H,6-8H2. The minimum absolute atomic E-state index is 0.0649. The number of ketones is 2. The summed E-state index contributed by atoms with van der Waals surface area (Å²) in [6.45, 7) is 0. The second kappa shape index (κ2) is 3.74. The van der Waals surface area contributed by atoms with E-state index < -0.39 is 0 Å². The summed E-state index contributed by atoms with van der Waals surface area (Å²) in [4.78, 5) is 22.4. The van der Waals surface area contributed by atoms with Crippen LogP contribution >= 0.6 is 0 Å². The first-order valence-electron chi connectivity index (χ1n) is 4.84. The van der Waals surface area contributed by atoms with Crippen molar-refractivity contribution in [2.75, 3.05) is 0 Å².